The fourth-order valence-electron chi connectivity index (χ4n) is 4.39. The lowest BCUT2D eigenvalue weighted by atomic mass is 9.96. The van der Waals surface area contributed by atoms with E-state index in [4.69, 9.17) is 5.10 Å². The molecule has 1 saturated heterocycles. The molecule has 0 radical (unpaired) electrons. The maximum atomic E-state index is 4.80. The van der Waals surface area contributed by atoms with Gasteiger partial charge >= 0.3 is 0 Å². The Bertz CT molecular complexity index is 1120. The van der Waals surface area contributed by atoms with Crippen molar-refractivity contribution in [1.82, 2.24) is 19.3 Å². The van der Waals surface area contributed by atoms with Crippen LogP contribution >= 0.6 is 0 Å². The molecule has 31 heavy (non-hydrogen) atoms. The van der Waals surface area contributed by atoms with Crippen molar-refractivity contribution >= 4 is 11.9 Å². The zero-order valence-electron chi connectivity index (χ0n) is 17.8. The first kappa shape index (κ1) is 19.5. The second-order valence-electron chi connectivity index (χ2n) is 7.97. The van der Waals surface area contributed by atoms with Gasteiger partial charge in [0.1, 0.15) is 5.65 Å². The summed E-state index contributed by atoms with van der Waals surface area (Å²) in [4.78, 5) is 7.19. The van der Waals surface area contributed by atoms with Crippen molar-refractivity contribution < 1.29 is 0 Å². The molecule has 0 unspecified atom stereocenters. The van der Waals surface area contributed by atoms with Crippen molar-refractivity contribution in [1.29, 1.82) is 0 Å². The number of piperazine rings is 1. The maximum absolute atomic E-state index is 4.80. The normalized spacial score (nSPS) is 15.4. The van der Waals surface area contributed by atoms with Crippen LogP contribution in [-0.2, 0) is 0 Å². The Morgan fingerprint density at radius 3 is 2.06 bits per heavy atom. The van der Waals surface area contributed by atoms with Gasteiger partial charge in [0.2, 0.25) is 0 Å². The number of hydrogen-bond donors (Lipinski definition) is 0. The smallest absolute Gasteiger partial charge is 0.137 e. The van der Waals surface area contributed by atoms with E-state index in [0.717, 1.165) is 43.2 Å². The van der Waals surface area contributed by atoms with Crippen LogP contribution in [0.2, 0.25) is 0 Å². The number of fused-ring (bicyclic) bond motifs is 1. The molecule has 1 aliphatic heterocycles. The Hall–Kier alpha value is -3.44. The zero-order valence-corrected chi connectivity index (χ0v) is 17.8. The first-order chi connectivity index (χ1) is 15.3. The Morgan fingerprint density at radius 1 is 0.806 bits per heavy atom. The fourth-order valence-corrected chi connectivity index (χ4v) is 4.39. The molecule has 3 heterocycles. The van der Waals surface area contributed by atoms with Gasteiger partial charge in [-0.1, -0.05) is 66.7 Å². The van der Waals surface area contributed by atoms with Gasteiger partial charge in [-0.2, -0.15) is 5.10 Å². The summed E-state index contributed by atoms with van der Waals surface area (Å²) < 4.78 is 2.09. The third kappa shape index (κ3) is 4.09. The van der Waals surface area contributed by atoms with Crippen molar-refractivity contribution in [2.75, 3.05) is 26.2 Å². The number of hydrazone groups is 1. The van der Waals surface area contributed by atoms with E-state index in [0.29, 0.717) is 0 Å². The van der Waals surface area contributed by atoms with Gasteiger partial charge in [0.05, 0.1) is 23.6 Å². The highest BCUT2D eigenvalue weighted by molar-refractivity contribution is 5.80. The van der Waals surface area contributed by atoms with Gasteiger partial charge in [-0.05, 0) is 30.2 Å². The van der Waals surface area contributed by atoms with E-state index in [1.54, 1.807) is 0 Å². The van der Waals surface area contributed by atoms with Crippen molar-refractivity contribution in [2.24, 2.45) is 5.10 Å². The monoisotopic (exact) mass is 409 g/mol. The van der Waals surface area contributed by atoms with Crippen LogP contribution < -0.4 is 0 Å². The highest BCUT2D eigenvalue weighted by atomic mass is 15.5. The highest BCUT2D eigenvalue weighted by Crippen LogP contribution is 2.29. The molecule has 0 bridgehead atoms. The SMILES string of the molecule is Cc1nc2ccccn2c1/C=N/N1CCN(C(c2ccccc2)c2ccccc2)CC1. The minimum atomic E-state index is 0.273. The summed E-state index contributed by atoms with van der Waals surface area (Å²) in [6.07, 6.45) is 4.00. The molecular formula is C26H27N5. The molecule has 1 fully saturated rings. The van der Waals surface area contributed by atoms with Gasteiger partial charge in [-0.3, -0.25) is 14.3 Å². The molecule has 0 saturated carbocycles. The molecule has 156 valence electrons. The minimum absolute atomic E-state index is 0.273. The van der Waals surface area contributed by atoms with E-state index in [1.165, 1.54) is 11.1 Å². The largest absolute Gasteiger partial charge is 0.298 e. The third-order valence-corrected chi connectivity index (χ3v) is 5.98. The molecule has 2 aromatic heterocycles. The summed E-state index contributed by atoms with van der Waals surface area (Å²) in [6, 6.07) is 27.9. The first-order valence-electron chi connectivity index (χ1n) is 10.9. The number of pyridine rings is 1. The van der Waals surface area contributed by atoms with Crippen LogP contribution in [0.3, 0.4) is 0 Å². The summed E-state index contributed by atoms with van der Waals surface area (Å²) >= 11 is 0. The third-order valence-electron chi connectivity index (χ3n) is 5.98. The standard InChI is InChI=1S/C26H27N5/c1-21-24(31-15-9-8-14-25(31)28-21)20-27-30-18-16-29(17-19-30)26(22-10-4-2-5-11-22)23-12-6-3-7-13-23/h2-15,20,26H,16-19H2,1H3/b27-20+. The Labute approximate surface area is 183 Å². The molecule has 1 aliphatic rings. The molecule has 4 aromatic rings. The molecule has 5 rings (SSSR count). The van der Waals surface area contributed by atoms with Crippen LogP contribution in [0.5, 0.6) is 0 Å². The lowest BCUT2D eigenvalue weighted by molar-refractivity contribution is 0.113. The molecule has 0 amide bonds. The van der Waals surface area contributed by atoms with Gasteiger partial charge in [-0.15, -0.1) is 0 Å². The summed E-state index contributed by atoms with van der Waals surface area (Å²) in [5.41, 5.74) is 5.69. The van der Waals surface area contributed by atoms with Crippen molar-refractivity contribution in [2.45, 2.75) is 13.0 Å². The van der Waals surface area contributed by atoms with Gasteiger partial charge in [0.15, 0.2) is 0 Å². The Kier molecular flexibility index (Phi) is 5.50. The van der Waals surface area contributed by atoms with E-state index in [1.807, 2.05) is 37.5 Å². The van der Waals surface area contributed by atoms with Gasteiger partial charge in [0.25, 0.3) is 0 Å². The molecule has 0 N–H and O–H groups in total. The van der Waals surface area contributed by atoms with Crippen molar-refractivity contribution in [3.8, 4) is 0 Å². The summed E-state index contributed by atoms with van der Waals surface area (Å²) in [7, 11) is 0. The molecule has 5 nitrogen and oxygen atoms in total. The number of nitrogens with zero attached hydrogens (tertiary/aromatic N) is 5. The summed E-state index contributed by atoms with van der Waals surface area (Å²) in [6.45, 7) is 5.79. The van der Waals surface area contributed by atoms with Crippen molar-refractivity contribution in [3.05, 3.63) is 108 Å². The second kappa shape index (κ2) is 8.74. The Morgan fingerprint density at radius 2 is 1.42 bits per heavy atom. The average molecular weight is 410 g/mol. The van der Waals surface area contributed by atoms with E-state index in [-0.39, 0.29) is 6.04 Å². The highest BCUT2D eigenvalue weighted by Gasteiger charge is 2.25. The number of aromatic nitrogens is 2. The van der Waals surface area contributed by atoms with Crippen LogP contribution in [0.4, 0.5) is 0 Å². The number of hydrogen-bond acceptors (Lipinski definition) is 4. The van der Waals surface area contributed by atoms with Crippen LogP contribution in [0.1, 0.15) is 28.6 Å². The predicted octanol–water partition coefficient (Wildman–Crippen LogP) is 4.38. The van der Waals surface area contributed by atoms with E-state index in [9.17, 15) is 0 Å². The minimum Gasteiger partial charge on any atom is -0.298 e. The molecule has 0 atom stereocenters. The molecule has 2 aromatic carbocycles. The van der Waals surface area contributed by atoms with Crippen LogP contribution in [-0.4, -0.2) is 51.7 Å². The Balaban J connectivity index is 1.32. The lowest BCUT2D eigenvalue weighted by Crippen LogP contribution is -2.45. The quantitative estimate of drug-likeness (QED) is 0.459. The van der Waals surface area contributed by atoms with Gasteiger partial charge in [-0.25, -0.2) is 4.98 Å². The summed E-state index contributed by atoms with van der Waals surface area (Å²) in [5.74, 6) is 0. The van der Waals surface area contributed by atoms with E-state index >= 15 is 0 Å². The number of benzene rings is 2. The molecule has 0 aliphatic carbocycles. The first-order valence-corrected chi connectivity index (χ1v) is 10.9. The van der Waals surface area contributed by atoms with Crippen LogP contribution in [0, 0.1) is 6.92 Å². The number of imidazole rings is 1. The van der Waals surface area contributed by atoms with E-state index in [2.05, 4.69) is 80.0 Å². The van der Waals surface area contributed by atoms with Crippen LogP contribution in [0.25, 0.3) is 5.65 Å². The molecule has 5 heteroatoms. The number of aryl methyl sites for hydroxylation is 1. The second-order valence-corrected chi connectivity index (χ2v) is 7.97. The number of rotatable bonds is 5. The topological polar surface area (TPSA) is 36.1 Å². The van der Waals surface area contributed by atoms with Gasteiger partial charge in [0, 0.05) is 32.4 Å². The van der Waals surface area contributed by atoms with E-state index < -0.39 is 0 Å². The average Bonchev–Trinajstić information content (AvgIpc) is 3.15. The fraction of sp³-hybridized carbons (Fsp3) is 0.231. The molecule has 0 spiro atoms. The summed E-state index contributed by atoms with van der Waals surface area (Å²) in [5, 5.41) is 6.97. The van der Waals surface area contributed by atoms with Crippen molar-refractivity contribution in [3.63, 3.8) is 0 Å². The predicted molar refractivity (Wildman–Crippen MR) is 125 cm³/mol. The molecular weight excluding hydrogens is 382 g/mol. The zero-order chi connectivity index (χ0) is 21.0. The van der Waals surface area contributed by atoms with Gasteiger partial charge < -0.3 is 0 Å². The maximum Gasteiger partial charge on any atom is 0.137 e. The lowest BCUT2D eigenvalue weighted by Gasteiger charge is -2.38. The van der Waals surface area contributed by atoms with Crippen LogP contribution in [0.15, 0.2) is 90.2 Å².